The largest absolute Gasteiger partial charge is 0.452 e. The molecule has 2 rings (SSSR count). The van der Waals surface area contributed by atoms with Crippen molar-refractivity contribution >= 4 is 17.6 Å². The van der Waals surface area contributed by atoms with Gasteiger partial charge in [-0.3, -0.25) is 0 Å². The fourth-order valence-electron chi connectivity index (χ4n) is 1.16. The Morgan fingerprint density at radius 2 is 2.20 bits per heavy atom. The summed E-state index contributed by atoms with van der Waals surface area (Å²) >= 11 is 5.89. The molecule has 1 heterocycles. The highest BCUT2D eigenvalue weighted by Crippen LogP contribution is 2.59. The van der Waals surface area contributed by atoms with Crippen molar-refractivity contribution in [1.29, 1.82) is 0 Å². The number of rotatable bonds is 0. The maximum atomic E-state index is 10.7. The van der Waals surface area contributed by atoms with Gasteiger partial charge in [0.2, 0.25) is 0 Å². The van der Waals surface area contributed by atoms with Gasteiger partial charge in [0.1, 0.15) is 4.87 Å². The third-order valence-electron chi connectivity index (χ3n) is 1.97. The van der Waals surface area contributed by atoms with Crippen LogP contribution in [0.4, 0.5) is 0 Å². The number of esters is 1. The van der Waals surface area contributed by atoms with Crippen LogP contribution in [-0.4, -0.2) is 16.9 Å². The van der Waals surface area contributed by atoms with Crippen LogP contribution in [0.2, 0.25) is 0 Å². The number of carbonyl (C=O) groups excluding carboxylic acids is 1. The van der Waals surface area contributed by atoms with E-state index < -0.39 is 10.8 Å². The molecule has 2 fully saturated rings. The van der Waals surface area contributed by atoms with Crippen LogP contribution >= 0.6 is 11.6 Å². The summed E-state index contributed by atoms with van der Waals surface area (Å²) in [5, 5.41) is 0. The van der Waals surface area contributed by atoms with Crippen LogP contribution in [-0.2, 0) is 9.53 Å². The lowest BCUT2D eigenvalue weighted by Gasteiger charge is -1.97. The molecule has 0 aromatic rings. The van der Waals surface area contributed by atoms with E-state index in [2.05, 4.69) is 13.2 Å². The standard InChI is InChI=1S/C7H5ClO2/c1-3-5-7(3,8)4(2)6(9)10-5/h5H,1-2H2. The van der Waals surface area contributed by atoms with Crippen molar-refractivity contribution in [3.8, 4) is 0 Å². The lowest BCUT2D eigenvalue weighted by Crippen LogP contribution is -2.06. The second-order valence-corrected chi connectivity index (χ2v) is 3.10. The van der Waals surface area contributed by atoms with E-state index in [1.165, 1.54) is 0 Å². The van der Waals surface area contributed by atoms with Gasteiger partial charge in [0.25, 0.3) is 0 Å². The summed E-state index contributed by atoms with van der Waals surface area (Å²) in [6, 6.07) is 0. The first-order chi connectivity index (χ1) is 4.58. The topological polar surface area (TPSA) is 26.3 Å². The molecule has 0 aromatic carbocycles. The summed E-state index contributed by atoms with van der Waals surface area (Å²) in [4.78, 5) is 9.98. The smallest absolute Gasteiger partial charge is 0.336 e. The highest BCUT2D eigenvalue weighted by molar-refractivity contribution is 6.36. The molecule has 2 atom stereocenters. The second kappa shape index (κ2) is 1.30. The Labute approximate surface area is 63.1 Å². The molecular formula is C7H5ClO2. The lowest BCUT2D eigenvalue weighted by molar-refractivity contribution is -0.136. The van der Waals surface area contributed by atoms with Crippen LogP contribution in [0.5, 0.6) is 0 Å². The van der Waals surface area contributed by atoms with Crippen molar-refractivity contribution in [3.63, 3.8) is 0 Å². The molecule has 0 N–H and O–H groups in total. The maximum absolute atomic E-state index is 10.7. The average molecular weight is 157 g/mol. The van der Waals surface area contributed by atoms with Gasteiger partial charge in [-0.1, -0.05) is 13.2 Å². The first-order valence-corrected chi connectivity index (χ1v) is 3.25. The summed E-state index contributed by atoms with van der Waals surface area (Å²) in [6.07, 6.45) is -0.297. The Hall–Kier alpha value is -0.760. The number of fused-ring (bicyclic) bond motifs is 1. The van der Waals surface area contributed by atoms with E-state index in [9.17, 15) is 4.79 Å². The molecule has 52 valence electrons. The van der Waals surface area contributed by atoms with Crippen LogP contribution in [0.1, 0.15) is 0 Å². The number of ether oxygens (including phenoxy) is 1. The minimum absolute atomic E-state index is 0.297. The first-order valence-electron chi connectivity index (χ1n) is 2.87. The predicted molar refractivity (Wildman–Crippen MR) is 36.7 cm³/mol. The molecule has 0 spiro atoms. The van der Waals surface area contributed by atoms with Gasteiger partial charge in [-0.25, -0.2) is 4.79 Å². The predicted octanol–water partition coefficient (Wildman–Crippen LogP) is 1.02. The van der Waals surface area contributed by atoms with E-state index >= 15 is 0 Å². The van der Waals surface area contributed by atoms with Crippen molar-refractivity contribution in [2.75, 3.05) is 0 Å². The monoisotopic (exact) mass is 156 g/mol. The zero-order valence-corrected chi connectivity index (χ0v) is 5.94. The van der Waals surface area contributed by atoms with Crippen molar-refractivity contribution < 1.29 is 9.53 Å². The van der Waals surface area contributed by atoms with Crippen molar-refractivity contribution in [1.82, 2.24) is 0 Å². The second-order valence-electron chi connectivity index (χ2n) is 2.50. The van der Waals surface area contributed by atoms with E-state index in [-0.39, 0.29) is 6.10 Å². The molecule has 1 aliphatic heterocycles. The Morgan fingerprint density at radius 3 is 2.50 bits per heavy atom. The van der Waals surface area contributed by atoms with Gasteiger partial charge in [0, 0.05) is 0 Å². The van der Waals surface area contributed by atoms with Gasteiger partial charge in [-0.05, 0) is 5.57 Å². The van der Waals surface area contributed by atoms with Gasteiger partial charge < -0.3 is 4.74 Å². The summed E-state index contributed by atoms with van der Waals surface area (Å²) < 4.78 is 4.79. The average Bonchev–Trinajstić information content (AvgIpc) is 2.29. The molecule has 10 heavy (non-hydrogen) atoms. The number of alkyl halides is 1. The first kappa shape index (κ1) is 5.98. The molecule has 1 saturated carbocycles. The summed E-state index contributed by atoms with van der Waals surface area (Å²) in [5.74, 6) is -0.396. The van der Waals surface area contributed by atoms with Crippen LogP contribution in [0.3, 0.4) is 0 Å². The number of halogens is 1. The summed E-state index contributed by atoms with van der Waals surface area (Å²) in [7, 11) is 0. The molecular weight excluding hydrogens is 152 g/mol. The van der Waals surface area contributed by atoms with Gasteiger partial charge in [0.15, 0.2) is 6.10 Å². The normalized spacial score (nSPS) is 43.3. The molecule has 0 bridgehead atoms. The van der Waals surface area contributed by atoms with E-state index in [0.29, 0.717) is 5.57 Å². The third kappa shape index (κ3) is 0.380. The van der Waals surface area contributed by atoms with Crippen LogP contribution in [0, 0.1) is 0 Å². The van der Waals surface area contributed by atoms with Crippen LogP contribution < -0.4 is 0 Å². The zero-order valence-electron chi connectivity index (χ0n) is 5.19. The molecule has 0 radical (unpaired) electrons. The number of carbonyl (C=O) groups is 1. The maximum Gasteiger partial charge on any atom is 0.336 e. The van der Waals surface area contributed by atoms with E-state index in [0.717, 1.165) is 5.57 Å². The highest BCUT2D eigenvalue weighted by atomic mass is 35.5. The Balaban J connectivity index is 2.46. The molecule has 2 nitrogen and oxygen atoms in total. The van der Waals surface area contributed by atoms with Crippen LogP contribution in [0.25, 0.3) is 0 Å². The van der Waals surface area contributed by atoms with E-state index in [1.54, 1.807) is 0 Å². The Kier molecular flexibility index (Phi) is 0.777. The van der Waals surface area contributed by atoms with Crippen molar-refractivity contribution in [2.45, 2.75) is 11.0 Å². The third-order valence-corrected chi connectivity index (χ3v) is 2.64. The SMILES string of the molecule is C=C1C(=O)OC2C(=C)C12Cl. The van der Waals surface area contributed by atoms with E-state index in [1.807, 2.05) is 0 Å². The minimum atomic E-state index is -0.739. The Bertz CT molecular complexity index is 269. The van der Waals surface area contributed by atoms with Crippen molar-refractivity contribution in [2.24, 2.45) is 0 Å². The molecule has 3 heteroatoms. The lowest BCUT2D eigenvalue weighted by atomic mass is 10.2. The molecule has 1 saturated heterocycles. The van der Waals surface area contributed by atoms with Crippen LogP contribution in [0.15, 0.2) is 24.3 Å². The molecule has 2 aliphatic rings. The van der Waals surface area contributed by atoms with Gasteiger partial charge in [0.05, 0.1) is 5.57 Å². The van der Waals surface area contributed by atoms with Gasteiger partial charge >= 0.3 is 5.97 Å². The van der Waals surface area contributed by atoms with E-state index in [4.69, 9.17) is 16.3 Å². The molecule has 0 aromatic heterocycles. The van der Waals surface area contributed by atoms with Crippen molar-refractivity contribution in [3.05, 3.63) is 24.3 Å². The number of hydrogen-bond acceptors (Lipinski definition) is 2. The van der Waals surface area contributed by atoms with Gasteiger partial charge in [-0.15, -0.1) is 11.6 Å². The summed E-state index contributed by atoms with van der Waals surface area (Å²) in [5.41, 5.74) is 1.07. The molecule has 0 amide bonds. The fraction of sp³-hybridized carbons (Fsp3) is 0.286. The minimum Gasteiger partial charge on any atom is -0.452 e. The quantitative estimate of drug-likeness (QED) is 0.227. The number of hydrogen-bond donors (Lipinski definition) is 0. The fourth-order valence-corrected chi connectivity index (χ4v) is 1.46. The molecule has 1 aliphatic carbocycles. The summed E-state index contributed by atoms with van der Waals surface area (Å²) in [6.45, 7) is 7.15. The highest BCUT2D eigenvalue weighted by Gasteiger charge is 2.69. The van der Waals surface area contributed by atoms with Gasteiger partial charge in [-0.2, -0.15) is 0 Å². The molecule has 2 unspecified atom stereocenters. The zero-order chi connectivity index (χ0) is 7.52. The Morgan fingerprint density at radius 1 is 1.60 bits per heavy atom.